The molecule has 3 aromatic rings. The van der Waals surface area contributed by atoms with Crippen LogP contribution in [-0.2, 0) is 4.79 Å². The van der Waals surface area contributed by atoms with Crippen LogP contribution in [0.2, 0.25) is 5.02 Å². The Balaban J connectivity index is 1.46. The molecule has 154 valence electrons. The van der Waals surface area contributed by atoms with E-state index in [2.05, 4.69) is 32.9 Å². The average molecular weight is 561 g/mol. The van der Waals surface area contributed by atoms with Crippen molar-refractivity contribution >= 4 is 74.8 Å². The fraction of sp³-hybridized carbons (Fsp3) is 0. The lowest BCUT2D eigenvalue weighted by molar-refractivity contribution is -0.115. The Hall–Kier alpha value is -2.62. The lowest BCUT2D eigenvalue weighted by Gasteiger charge is -2.06. The number of hydrogen-bond donors (Lipinski definition) is 1. The molecule has 0 unspecified atom stereocenters. The lowest BCUT2D eigenvalue weighted by atomic mass is 10.2. The number of ether oxygens (including phenoxy) is 1. The summed E-state index contributed by atoms with van der Waals surface area (Å²) in [6, 6.07) is 21.3. The van der Waals surface area contributed by atoms with Gasteiger partial charge in [0.1, 0.15) is 5.75 Å². The molecule has 1 saturated heterocycles. The van der Waals surface area contributed by atoms with E-state index >= 15 is 0 Å². The summed E-state index contributed by atoms with van der Waals surface area (Å²) < 4.78 is 6.27. The second-order valence-electron chi connectivity index (χ2n) is 6.37. The molecule has 1 N–H and O–H groups in total. The molecule has 4 rings (SSSR count). The highest BCUT2D eigenvalue weighted by Crippen LogP contribution is 2.31. The smallest absolute Gasteiger partial charge is 0.344 e. The molecule has 0 aromatic heterocycles. The van der Waals surface area contributed by atoms with Gasteiger partial charge in [-0.3, -0.25) is 4.79 Å². The van der Waals surface area contributed by atoms with Crippen molar-refractivity contribution in [1.29, 1.82) is 0 Å². The van der Waals surface area contributed by atoms with Crippen LogP contribution < -0.4 is 10.1 Å². The maximum atomic E-state index is 12.3. The van der Waals surface area contributed by atoms with E-state index in [1.54, 1.807) is 54.6 Å². The molecular formula is C23H14ClIN2O3S. The minimum Gasteiger partial charge on any atom is -0.423 e. The first-order chi connectivity index (χ1) is 15.0. The Bertz CT molecular complexity index is 1230. The number of benzene rings is 3. The van der Waals surface area contributed by atoms with Crippen molar-refractivity contribution < 1.29 is 14.3 Å². The number of esters is 1. The summed E-state index contributed by atoms with van der Waals surface area (Å²) in [5.74, 6) is -0.219. The number of amidine groups is 1. The van der Waals surface area contributed by atoms with Crippen molar-refractivity contribution in [3.63, 3.8) is 0 Å². The zero-order valence-electron chi connectivity index (χ0n) is 15.8. The summed E-state index contributed by atoms with van der Waals surface area (Å²) in [5, 5.41) is 3.71. The van der Waals surface area contributed by atoms with Crippen LogP contribution in [0.15, 0.2) is 82.7 Å². The quantitative estimate of drug-likeness (QED) is 0.182. The van der Waals surface area contributed by atoms with Crippen molar-refractivity contribution in [3.8, 4) is 5.75 Å². The molecule has 0 aliphatic carbocycles. The fourth-order valence-electron chi connectivity index (χ4n) is 2.70. The van der Waals surface area contributed by atoms with Gasteiger partial charge < -0.3 is 10.1 Å². The van der Waals surface area contributed by atoms with Gasteiger partial charge >= 0.3 is 5.97 Å². The molecule has 8 heteroatoms. The Labute approximate surface area is 201 Å². The van der Waals surface area contributed by atoms with Gasteiger partial charge in [-0.15, -0.1) is 0 Å². The number of aliphatic imine (C=N–C) groups is 1. The van der Waals surface area contributed by atoms with Crippen LogP contribution >= 0.6 is 46.0 Å². The molecule has 31 heavy (non-hydrogen) atoms. The van der Waals surface area contributed by atoms with Gasteiger partial charge in [0.2, 0.25) is 0 Å². The number of rotatable bonds is 4. The Morgan fingerprint density at radius 3 is 2.48 bits per heavy atom. The van der Waals surface area contributed by atoms with E-state index in [4.69, 9.17) is 16.3 Å². The van der Waals surface area contributed by atoms with Crippen molar-refractivity contribution in [3.05, 3.63) is 97.4 Å². The van der Waals surface area contributed by atoms with Gasteiger partial charge in [-0.25, -0.2) is 9.79 Å². The van der Waals surface area contributed by atoms with Crippen LogP contribution in [0.25, 0.3) is 6.08 Å². The second-order valence-corrected chi connectivity index (χ2v) is 8.97. The normalized spacial score (nSPS) is 15.9. The summed E-state index contributed by atoms with van der Waals surface area (Å²) >= 11 is 9.46. The van der Waals surface area contributed by atoms with E-state index < -0.39 is 5.97 Å². The third-order valence-electron chi connectivity index (χ3n) is 4.21. The molecule has 0 radical (unpaired) electrons. The summed E-state index contributed by atoms with van der Waals surface area (Å²) in [6.07, 6.45) is 1.75. The van der Waals surface area contributed by atoms with Crippen LogP contribution in [0.1, 0.15) is 15.9 Å². The molecule has 1 aliphatic rings. The molecule has 0 atom stereocenters. The zero-order valence-corrected chi connectivity index (χ0v) is 19.6. The van der Waals surface area contributed by atoms with Crippen LogP contribution in [0.4, 0.5) is 5.69 Å². The third-order valence-corrected chi connectivity index (χ3v) is 6.38. The number of thioether (sulfide) groups is 1. The van der Waals surface area contributed by atoms with E-state index in [-0.39, 0.29) is 5.91 Å². The monoisotopic (exact) mass is 560 g/mol. The molecule has 0 bridgehead atoms. The Morgan fingerprint density at radius 2 is 1.74 bits per heavy atom. The molecule has 0 saturated carbocycles. The van der Waals surface area contributed by atoms with Crippen LogP contribution in [-0.4, -0.2) is 17.0 Å². The molecule has 1 amide bonds. The van der Waals surface area contributed by atoms with E-state index in [0.717, 1.165) is 9.13 Å². The number of nitrogens with one attached hydrogen (secondary N) is 1. The lowest BCUT2D eigenvalue weighted by Crippen LogP contribution is -2.19. The largest absolute Gasteiger partial charge is 0.423 e. The first-order valence-electron chi connectivity index (χ1n) is 9.10. The van der Waals surface area contributed by atoms with Gasteiger partial charge in [-0.1, -0.05) is 48.0 Å². The van der Waals surface area contributed by atoms with Crippen LogP contribution in [0, 0.1) is 3.57 Å². The average Bonchev–Trinajstić information content (AvgIpc) is 3.10. The minimum atomic E-state index is -0.415. The van der Waals surface area contributed by atoms with Crippen molar-refractivity contribution in [2.24, 2.45) is 4.99 Å². The van der Waals surface area contributed by atoms with Gasteiger partial charge in [0, 0.05) is 3.57 Å². The molecular weight excluding hydrogens is 547 g/mol. The maximum absolute atomic E-state index is 12.3. The van der Waals surface area contributed by atoms with Crippen LogP contribution in [0.5, 0.6) is 5.75 Å². The standard InChI is InChI=1S/C23H14ClIN2O3S/c24-17-6-2-4-8-19(17)26-23-27-21(28)20(31-23)13-14-9-11-15(12-10-14)30-22(29)16-5-1-3-7-18(16)25/h1-13H,(H,26,27,28)/b20-13-. The molecule has 5 nitrogen and oxygen atoms in total. The molecule has 1 fully saturated rings. The number of para-hydroxylation sites is 1. The van der Waals surface area contributed by atoms with Crippen molar-refractivity contribution in [2.75, 3.05) is 0 Å². The SMILES string of the molecule is O=C1NC(=Nc2ccccc2Cl)S/C1=C\c1ccc(OC(=O)c2ccccc2I)cc1. The number of amides is 1. The van der Waals surface area contributed by atoms with Gasteiger partial charge in [0.25, 0.3) is 5.91 Å². The van der Waals surface area contributed by atoms with Crippen molar-refractivity contribution in [2.45, 2.75) is 0 Å². The van der Waals surface area contributed by atoms with Crippen molar-refractivity contribution in [1.82, 2.24) is 5.32 Å². The maximum Gasteiger partial charge on any atom is 0.344 e. The van der Waals surface area contributed by atoms with E-state index in [1.165, 1.54) is 11.8 Å². The molecule has 1 aliphatic heterocycles. The highest BCUT2D eigenvalue weighted by molar-refractivity contribution is 14.1. The van der Waals surface area contributed by atoms with E-state index in [1.807, 2.05) is 24.3 Å². The van der Waals surface area contributed by atoms with Gasteiger partial charge in [0.15, 0.2) is 5.17 Å². The predicted molar refractivity (Wildman–Crippen MR) is 133 cm³/mol. The summed E-state index contributed by atoms with van der Waals surface area (Å²) in [7, 11) is 0. The molecule has 0 spiro atoms. The predicted octanol–water partition coefficient (Wildman–Crippen LogP) is 6.06. The highest BCUT2D eigenvalue weighted by Gasteiger charge is 2.24. The van der Waals surface area contributed by atoms with Crippen LogP contribution in [0.3, 0.4) is 0 Å². The fourth-order valence-corrected chi connectivity index (χ4v) is 4.32. The summed E-state index contributed by atoms with van der Waals surface area (Å²) in [5.41, 5.74) is 1.90. The topological polar surface area (TPSA) is 67.8 Å². The second kappa shape index (κ2) is 9.67. The van der Waals surface area contributed by atoms with E-state index in [9.17, 15) is 9.59 Å². The highest BCUT2D eigenvalue weighted by atomic mass is 127. The number of halogens is 2. The van der Waals surface area contributed by atoms with Gasteiger partial charge in [-0.2, -0.15) is 0 Å². The summed E-state index contributed by atoms with van der Waals surface area (Å²) in [6.45, 7) is 0. The van der Waals surface area contributed by atoms with Gasteiger partial charge in [-0.05, 0) is 82.4 Å². The number of carbonyl (C=O) groups is 2. The number of hydrogen-bond acceptors (Lipinski definition) is 5. The number of nitrogens with zero attached hydrogens (tertiary/aromatic N) is 1. The zero-order chi connectivity index (χ0) is 21.8. The molecule has 1 heterocycles. The Kier molecular flexibility index (Phi) is 6.74. The Morgan fingerprint density at radius 1 is 1.03 bits per heavy atom. The number of carbonyl (C=O) groups excluding carboxylic acids is 2. The summed E-state index contributed by atoms with van der Waals surface area (Å²) in [4.78, 5) is 29.5. The minimum absolute atomic E-state index is 0.232. The first kappa shape index (κ1) is 21.6. The molecule has 3 aromatic carbocycles. The first-order valence-corrected chi connectivity index (χ1v) is 11.4. The van der Waals surface area contributed by atoms with Gasteiger partial charge in [0.05, 0.1) is 21.2 Å². The van der Waals surface area contributed by atoms with E-state index in [0.29, 0.717) is 32.1 Å². The third kappa shape index (κ3) is 5.36.